The second-order valence-electron chi connectivity index (χ2n) is 9.27. The second kappa shape index (κ2) is 11.2. The smallest absolute Gasteiger partial charge is 0.407 e. The van der Waals surface area contributed by atoms with Gasteiger partial charge in [0.2, 0.25) is 0 Å². The Kier molecular flexibility index (Phi) is 7.87. The maximum atomic E-state index is 12.3. The Morgan fingerprint density at radius 2 is 2.03 bits per heavy atom. The molecule has 3 aromatic rings. The summed E-state index contributed by atoms with van der Waals surface area (Å²) in [4.78, 5) is 28.3. The van der Waals surface area contributed by atoms with Gasteiger partial charge in [0.15, 0.2) is 0 Å². The van der Waals surface area contributed by atoms with Gasteiger partial charge in [0.05, 0.1) is 41.8 Å². The molecule has 0 bridgehead atoms. The number of ether oxygens (including phenoxy) is 2. The lowest BCUT2D eigenvalue weighted by atomic mass is 9.87. The first-order chi connectivity index (χ1) is 17.3. The van der Waals surface area contributed by atoms with Gasteiger partial charge < -0.3 is 19.9 Å². The van der Waals surface area contributed by atoms with E-state index in [-0.39, 0.29) is 25.2 Å². The van der Waals surface area contributed by atoms with E-state index in [0.717, 1.165) is 35.2 Å². The van der Waals surface area contributed by atoms with Crippen molar-refractivity contribution >= 4 is 12.1 Å². The van der Waals surface area contributed by atoms with Crippen molar-refractivity contribution in [3.63, 3.8) is 0 Å². The second-order valence-corrected chi connectivity index (χ2v) is 9.27. The first kappa shape index (κ1) is 25.2. The average Bonchev–Trinajstić information content (AvgIpc) is 3.23. The number of hydrogen-bond donors (Lipinski definition) is 2. The highest BCUT2D eigenvalue weighted by Crippen LogP contribution is 2.31. The fraction of sp³-hybridized carbons (Fsp3) is 0.407. The van der Waals surface area contributed by atoms with Crippen LogP contribution in [0.3, 0.4) is 0 Å². The summed E-state index contributed by atoms with van der Waals surface area (Å²) in [6, 6.07) is 11.5. The highest BCUT2D eigenvalue weighted by atomic mass is 16.5. The quantitative estimate of drug-likeness (QED) is 0.474. The molecule has 2 N–H and O–H groups in total. The highest BCUT2D eigenvalue weighted by Gasteiger charge is 2.28. The number of carbonyl (C=O) groups excluding carboxylic acids is 1. The molecule has 1 fully saturated rings. The number of amides is 1. The number of pyridine rings is 1. The van der Waals surface area contributed by atoms with Gasteiger partial charge in [-0.3, -0.25) is 9.48 Å². The molecule has 0 spiro atoms. The van der Waals surface area contributed by atoms with Gasteiger partial charge in [0, 0.05) is 12.6 Å². The fourth-order valence-corrected chi connectivity index (χ4v) is 4.52. The van der Waals surface area contributed by atoms with E-state index in [1.165, 1.54) is 0 Å². The molecular formula is C27H32N4O5. The van der Waals surface area contributed by atoms with Gasteiger partial charge in [-0.15, -0.1) is 0 Å². The lowest BCUT2D eigenvalue weighted by Crippen LogP contribution is -2.29. The van der Waals surface area contributed by atoms with Gasteiger partial charge in [0.1, 0.15) is 12.4 Å². The summed E-state index contributed by atoms with van der Waals surface area (Å²) in [6.45, 7) is 4.29. The van der Waals surface area contributed by atoms with Crippen LogP contribution < -0.4 is 10.1 Å². The van der Waals surface area contributed by atoms with Crippen molar-refractivity contribution in [3.05, 3.63) is 65.1 Å². The maximum Gasteiger partial charge on any atom is 0.407 e. The molecule has 1 aromatic carbocycles. The third-order valence-corrected chi connectivity index (χ3v) is 6.50. The zero-order chi connectivity index (χ0) is 25.7. The number of rotatable bonds is 8. The molecule has 2 atom stereocenters. The van der Waals surface area contributed by atoms with Crippen LogP contribution in [0, 0.1) is 19.8 Å². The number of carboxylic acid groups (broad SMARTS) is 1. The van der Waals surface area contributed by atoms with Crippen LogP contribution in [0.2, 0.25) is 0 Å². The largest absolute Gasteiger partial charge is 0.489 e. The molecular weight excluding hydrogens is 460 g/mol. The summed E-state index contributed by atoms with van der Waals surface area (Å²) in [6.07, 6.45) is 3.96. The number of nitrogens with zero attached hydrogens (tertiary/aromatic N) is 3. The van der Waals surface area contributed by atoms with Crippen molar-refractivity contribution in [2.75, 3.05) is 0 Å². The fourth-order valence-electron chi connectivity index (χ4n) is 4.52. The normalized spacial score (nSPS) is 17.4. The lowest BCUT2D eigenvalue weighted by Gasteiger charge is -2.27. The predicted molar refractivity (Wildman–Crippen MR) is 133 cm³/mol. The van der Waals surface area contributed by atoms with Crippen LogP contribution in [0.5, 0.6) is 5.75 Å². The van der Waals surface area contributed by atoms with Gasteiger partial charge in [-0.05, 0) is 57.2 Å². The Morgan fingerprint density at radius 1 is 1.19 bits per heavy atom. The number of hydrogen-bond acceptors (Lipinski definition) is 6. The molecule has 0 unspecified atom stereocenters. The number of alkyl carbamates (subject to hydrolysis) is 1. The van der Waals surface area contributed by atoms with Crippen LogP contribution in [0.25, 0.3) is 11.3 Å². The number of nitrogens with one attached hydrogen (secondary N) is 1. The van der Waals surface area contributed by atoms with Crippen LogP contribution in [0.1, 0.15) is 48.2 Å². The minimum Gasteiger partial charge on any atom is -0.489 e. The average molecular weight is 493 g/mol. The zero-order valence-corrected chi connectivity index (χ0v) is 20.9. The summed E-state index contributed by atoms with van der Waals surface area (Å²) in [5.41, 5.74) is 5.06. The summed E-state index contributed by atoms with van der Waals surface area (Å²) in [7, 11) is 1.81. The molecule has 190 valence electrons. The number of benzene rings is 1. The van der Waals surface area contributed by atoms with Gasteiger partial charge in [-0.1, -0.05) is 29.8 Å². The first-order valence-corrected chi connectivity index (χ1v) is 12.1. The van der Waals surface area contributed by atoms with E-state index in [2.05, 4.69) is 10.4 Å². The standard InChI is InChI=1S/C27H32N4O5/c1-17-6-4-7-19(12-17)16-35-27(34)28-15-24-22(14-29-31(24)3)23-10-11-25(18(2)30-23)36-21-9-5-8-20(13-21)26(32)33/h4,6-7,10-12,14,20-21H,5,8-9,13,15-16H2,1-3H3,(H,28,34)(H,32,33)/t20-,21-/m0/s1. The molecule has 1 saturated carbocycles. The molecule has 4 rings (SSSR count). The molecule has 1 aliphatic rings. The van der Waals surface area contributed by atoms with E-state index in [1.807, 2.05) is 57.3 Å². The molecule has 2 aromatic heterocycles. The third kappa shape index (κ3) is 6.21. The Balaban J connectivity index is 1.38. The summed E-state index contributed by atoms with van der Waals surface area (Å²) >= 11 is 0. The number of carboxylic acids is 1. The number of aryl methyl sites for hydroxylation is 3. The van der Waals surface area contributed by atoms with Crippen molar-refractivity contribution in [3.8, 4) is 17.0 Å². The molecule has 36 heavy (non-hydrogen) atoms. The van der Waals surface area contributed by atoms with Crippen molar-refractivity contribution in [2.45, 2.75) is 58.8 Å². The van der Waals surface area contributed by atoms with Crippen LogP contribution >= 0.6 is 0 Å². The zero-order valence-electron chi connectivity index (χ0n) is 20.9. The SMILES string of the molecule is Cc1cccc(COC(=O)NCc2c(-c3ccc(O[C@H]4CCC[C@H](C(=O)O)C4)c(C)n3)cnn2C)c1. The molecule has 0 radical (unpaired) electrons. The monoisotopic (exact) mass is 492 g/mol. The summed E-state index contributed by atoms with van der Waals surface area (Å²) < 4.78 is 13.2. The maximum absolute atomic E-state index is 12.3. The van der Waals surface area contributed by atoms with Crippen molar-refractivity contribution in [1.29, 1.82) is 0 Å². The van der Waals surface area contributed by atoms with Crippen LogP contribution in [0.15, 0.2) is 42.6 Å². The topological polar surface area (TPSA) is 116 Å². The Morgan fingerprint density at radius 3 is 2.78 bits per heavy atom. The van der Waals surface area contributed by atoms with E-state index < -0.39 is 12.1 Å². The van der Waals surface area contributed by atoms with E-state index in [4.69, 9.17) is 14.5 Å². The van der Waals surface area contributed by atoms with Crippen molar-refractivity contribution in [2.24, 2.45) is 13.0 Å². The molecule has 1 amide bonds. The molecule has 1 aliphatic carbocycles. The molecule has 0 aliphatic heterocycles. The predicted octanol–water partition coefficient (Wildman–Crippen LogP) is 4.55. The van der Waals surface area contributed by atoms with Crippen LogP contribution in [0.4, 0.5) is 4.79 Å². The Hall–Kier alpha value is -3.88. The minimum atomic E-state index is -0.759. The number of aliphatic carboxylic acids is 1. The molecule has 0 saturated heterocycles. The molecule has 2 heterocycles. The number of aromatic nitrogens is 3. The van der Waals surface area contributed by atoms with E-state index in [9.17, 15) is 14.7 Å². The van der Waals surface area contributed by atoms with Crippen molar-refractivity contribution in [1.82, 2.24) is 20.1 Å². The third-order valence-electron chi connectivity index (χ3n) is 6.50. The molecule has 9 nitrogen and oxygen atoms in total. The van der Waals surface area contributed by atoms with Crippen LogP contribution in [-0.2, 0) is 29.7 Å². The van der Waals surface area contributed by atoms with Crippen molar-refractivity contribution < 1.29 is 24.2 Å². The van der Waals surface area contributed by atoms with Gasteiger partial charge in [-0.2, -0.15) is 5.10 Å². The highest BCUT2D eigenvalue weighted by molar-refractivity contribution is 5.70. The Labute approximate surface area is 210 Å². The summed E-state index contributed by atoms with van der Waals surface area (Å²) in [5.74, 6) is -0.464. The Bertz CT molecular complexity index is 1240. The van der Waals surface area contributed by atoms with Gasteiger partial charge in [-0.25, -0.2) is 9.78 Å². The van der Waals surface area contributed by atoms with Crippen LogP contribution in [-0.4, -0.2) is 38.0 Å². The van der Waals surface area contributed by atoms with E-state index in [1.54, 1.807) is 10.9 Å². The summed E-state index contributed by atoms with van der Waals surface area (Å²) in [5, 5.41) is 16.5. The van der Waals surface area contributed by atoms with Gasteiger partial charge >= 0.3 is 12.1 Å². The molecule has 9 heteroatoms. The lowest BCUT2D eigenvalue weighted by molar-refractivity contribution is -0.143. The first-order valence-electron chi connectivity index (χ1n) is 12.1. The number of carbonyl (C=O) groups is 2. The minimum absolute atomic E-state index is 0.129. The van der Waals surface area contributed by atoms with E-state index >= 15 is 0 Å². The van der Waals surface area contributed by atoms with E-state index in [0.29, 0.717) is 30.0 Å². The van der Waals surface area contributed by atoms with Gasteiger partial charge in [0.25, 0.3) is 0 Å².